The van der Waals surface area contributed by atoms with Gasteiger partial charge in [0.2, 0.25) is 0 Å². The molecule has 0 radical (unpaired) electrons. The predicted molar refractivity (Wildman–Crippen MR) is 66.0 cm³/mol. The second-order valence-electron chi connectivity index (χ2n) is 4.08. The zero-order valence-corrected chi connectivity index (χ0v) is 10.8. The topological polar surface area (TPSA) is 43.1 Å². The van der Waals surface area contributed by atoms with Gasteiger partial charge in [0.1, 0.15) is 5.78 Å². The molecule has 4 heteroatoms. The minimum atomic E-state index is 0.0981. The van der Waals surface area contributed by atoms with E-state index >= 15 is 0 Å². The first kappa shape index (κ1) is 11.3. The molecule has 1 aromatic rings. The van der Waals surface area contributed by atoms with Gasteiger partial charge in [-0.3, -0.25) is 4.79 Å². The van der Waals surface area contributed by atoms with Crippen LogP contribution in [0.3, 0.4) is 0 Å². The second-order valence-corrected chi connectivity index (χ2v) is 5.99. The van der Waals surface area contributed by atoms with Crippen LogP contribution in [-0.4, -0.2) is 11.8 Å². The molecule has 0 amide bonds. The summed E-state index contributed by atoms with van der Waals surface area (Å²) in [4.78, 5) is 13.1. The Balaban J connectivity index is 1.97. The number of carbonyl (C=O) groups is 1. The van der Waals surface area contributed by atoms with Crippen molar-refractivity contribution in [3.8, 4) is 0 Å². The number of nitrogens with two attached hydrogens (primary N) is 1. The summed E-state index contributed by atoms with van der Waals surface area (Å²) in [6, 6.07) is 2.11. The van der Waals surface area contributed by atoms with Crippen molar-refractivity contribution in [3.05, 3.63) is 20.8 Å². The maximum atomic E-state index is 11.9. The normalized spacial score (nSPS) is 25.7. The van der Waals surface area contributed by atoms with Crippen molar-refractivity contribution in [3.63, 3.8) is 0 Å². The molecule has 0 aromatic carbocycles. The van der Waals surface area contributed by atoms with Crippen LogP contribution in [0.1, 0.15) is 24.1 Å². The lowest BCUT2D eigenvalue weighted by Crippen LogP contribution is -2.31. The summed E-state index contributed by atoms with van der Waals surface area (Å²) in [6.07, 6.45) is 3.64. The van der Waals surface area contributed by atoms with Crippen molar-refractivity contribution in [1.82, 2.24) is 0 Å². The number of rotatable bonds is 3. The minimum absolute atomic E-state index is 0.0981. The molecule has 1 saturated carbocycles. The predicted octanol–water partition coefficient (Wildman–Crippen LogP) is 2.75. The smallest absolute Gasteiger partial charge is 0.142 e. The highest BCUT2D eigenvalue weighted by atomic mass is 79.9. The highest BCUT2D eigenvalue weighted by molar-refractivity contribution is 9.10. The van der Waals surface area contributed by atoms with Gasteiger partial charge in [0.25, 0.3) is 0 Å². The number of Topliss-reactive ketones (excluding diaryl/α,β-unsaturated/α-hetero) is 1. The maximum Gasteiger partial charge on any atom is 0.142 e. The molecule has 0 spiro atoms. The fourth-order valence-electron chi connectivity index (χ4n) is 2.14. The van der Waals surface area contributed by atoms with Crippen molar-refractivity contribution < 1.29 is 4.79 Å². The Morgan fingerprint density at radius 3 is 2.93 bits per heavy atom. The number of halogens is 1. The van der Waals surface area contributed by atoms with E-state index < -0.39 is 0 Å². The fraction of sp³-hybridized carbons (Fsp3) is 0.545. The summed E-state index contributed by atoms with van der Waals surface area (Å²) >= 11 is 5.02. The molecule has 1 fully saturated rings. The number of hydrogen-bond acceptors (Lipinski definition) is 3. The van der Waals surface area contributed by atoms with E-state index in [2.05, 4.69) is 15.9 Å². The molecule has 2 rings (SSSR count). The first-order valence-electron chi connectivity index (χ1n) is 5.18. The van der Waals surface area contributed by atoms with Crippen LogP contribution in [0.2, 0.25) is 0 Å². The summed E-state index contributed by atoms with van der Waals surface area (Å²) in [5.41, 5.74) is 5.91. The third kappa shape index (κ3) is 2.68. The van der Waals surface area contributed by atoms with Gasteiger partial charge in [-0.1, -0.05) is 6.42 Å². The zero-order valence-electron chi connectivity index (χ0n) is 8.41. The standard InChI is InChI=1S/C11H14BrNOS/c12-7-4-8(15-6-7)5-11(14)9-2-1-3-10(9)13/h4,6,9-10H,1-3,5,13H2/t9-,10+/m0/s1. The molecule has 0 unspecified atom stereocenters. The molecule has 2 N–H and O–H groups in total. The molecule has 0 saturated heterocycles. The maximum absolute atomic E-state index is 11.9. The molecule has 82 valence electrons. The highest BCUT2D eigenvalue weighted by Gasteiger charge is 2.29. The van der Waals surface area contributed by atoms with Crippen LogP contribution in [0.15, 0.2) is 15.9 Å². The number of thiophene rings is 1. The van der Waals surface area contributed by atoms with E-state index in [9.17, 15) is 4.79 Å². The Morgan fingerprint density at radius 1 is 1.60 bits per heavy atom. The summed E-state index contributed by atoms with van der Waals surface area (Å²) in [5, 5.41) is 2.01. The summed E-state index contributed by atoms with van der Waals surface area (Å²) in [7, 11) is 0. The summed E-state index contributed by atoms with van der Waals surface area (Å²) in [5.74, 6) is 0.417. The summed E-state index contributed by atoms with van der Waals surface area (Å²) in [6.45, 7) is 0. The Kier molecular flexibility index (Phi) is 3.59. The van der Waals surface area contributed by atoms with Crippen molar-refractivity contribution in [2.75, 3.05) is 0 Å². The Morgan fingerprint density at radius 2 is 2.40 bits per heavy atom. The number of carbonyl (C=O) groups excluding carboxylic acids is 1. The van der Waals surface area contributed by atoms with Crippen molar-refractivity contribution in [1.29, 1.82) is 0 Å². The Hall–Kier alpha value is -0.190. The van der Waals surface area contributed by atoms with E-state index in [-0.39, 0.29) is 12.0 Å². The molecule has 0 aliphatic heterocycles. The van der Waals surface area contributed by atoms with Crippen LogP contribution in [0.5, 0.6) is 0 Å². The van der Waals surface area contributed by atoms with Crippen LogP contribution >= 0.6 is 27.3 Å². The van der Waals surface area contributed by atoms with E-state index in [0.29, 0.717) is 12.2 Å². The third-order valence-corrected chi connectivity index (χ3v) is 4.65. The van der Waals surface area contributed by atoms with Gasteiger partial charge in [-0.05, 0) is 34.8 Å². The number of hydrogen-bond donors (Lipinski definition) is 1. The van der Waals surface area contributed by atoms with Gasteiger partial charge in [0, 0.05) is 33.1 Å². The first-order chi connectivity index (χ1) is 7.16. The van der Waals surface area contributed by atoms with Gasteiger partial charge in [-0.15, -0.1) is 11.3 Å². The van der Waals surface area contributed by atoms with Crippen molar-refractivity contribution >= 4 is 33.0 Å². The van der Waals surface area contributed by atoms with Crippen LogP contribution in [0.25, 0.3) is 0 Å². The monoisotopic (exact) mass is 287 g/mol. The molecule has 0 bridgehead atoms. The van der Waals surface area contributed by atoms with Crippen LogP contribution < -0.4 is 5.73 Å². The van der Waals surface area contributed by atoms with E-state index in [1.165, 1.54) is 0 Å². The van der Waals surface area contributed by atoms with E-state index in [0.717, 1.165) is 28.6 Å². The van der Waals surface area contributed by atoms with Gasteiger partial charge in [0.15, 0.2) is 0 Å². The molecule has 15 heavy (non-hydrogen) atoms. The molecular formula is C11H14BrNOS. The lowest BCUT2D eigenvalue weighted by Gasteiger charge is -2.12. The lowest BCUT2D eigenvalue weighted by atomic mass is 9.96. The van der Waals surface area contributed by atoms with Gasteiger partial charge < -0.3 is 5.73 Å². The van der Waals surface area contributed by atoms with Gasteiger partial charge >= 0.3 is 0 Å². The Labute approximate surface area is 102 Å². The molecule has 1 aliphatic carbocycles. The van der Waals surface area contributed by atoms with Gasteiger partial charge in [-0.25, -0.2) is 0 Å². The number of ketones is 1. The first-order valence-corrected chi connectivity index (χ1v) is 6.85. The molecule has 1 aromatic heterocycles. The lowest BCUT2D eigenvalue weighted by molar-refractivity contribution is -0.122. The summed E-state index contributed by atoms with van der Waals surface area (Å²) < 4.78 is 1.06. The van der Waals surface area contributed by atoms with E-state index in [4.69, 9.17) is 5.73 Å². The second kappa shape index (κ2) is 4.76. The molecular weight excluding hydrogens is 274 g/mol. The van der Waals surface area contributed by atoms with Crippen molar-refractivity contribution in [2.45, 2.75) is 31.7 Å². The fourth-order valence-corrected chi connectivity index (χ4v) is 3.60. The molecule has 1 heterocycles. The van der Waals surface area contributed by atoms with Crippen molar-refractivity contribution in [2.24, 2.45) is 11.7 Å². The quantitative estimate of drug-likeness (QED) is 0.929. The van der Waals surface area contributed by atoms with Gasteiger partial charge in [-0.2, -0.15) is 0 Å². The van der Waals surface area contributed by atoms with E-state index in [1.54, 1.807) is 11.3 Å². The average Bonchev–Trinajstić information content (AvgIpc) is 2.75. The Bertz CT molecular complexity index is 363. The largest absolute Gasteiger partial charge is 0.327 e. The SMILES string of the molecule is N[C@@H]1CCC[C@@H]1C(=O)Cc1cc(Br)cs1. The van der Waals surface area contributed by atoms with Gasteiger partial charge in [0.05, 0.1) is 0 Å². The molecule has 1 aliphatic rings. The van der Waals surface area contributed by atoms with Crippen LogP contribution in [-0.2, 0) is 11.2 Å². The molecule has 2 nitrogen and oxygen atoms in total. The molecule has 2 atom stereocenters. The van der Waals surface area contributed by atoms with Crippen LogP contribution in [0.4, 0.5) is 0 Å². The highest BCUT2D eigenvalue weighted by Crippen LogP contribution is 2.27. The third-order valence-electron chi connectivity index (χ3n) is 2.95. The minimum Gasteiger partial charge on any atom is -0.327 e. The average molecular weight is 288 g/mol. The zero-order chi connectivity index (χ0) is 10.8. The van der Waals surface area contributed by atoms with Crippen LogP contribution in [0, 0.1) is 5.92 Å². The van der Waals surface area contributed by atoms with E-state index in [1.807, 2.05) is 11.4 Å².